The maximum absolute atomic E-state index is 12.6. The zero-order valence-electron chi connectivity index (χ0n) is 11.2. The second-order valence-corrected chi connectivity index (χ2v) is 7.09. The summed E-state index contributed by atoms with van der Waals surface area (Å²) in [6, 6.07) is 4.13. The lowest BCUT2D eigenvalue weighted by atomic mass is 10.2. The van der Waals surface area contributed by atoms with Gasteiger partial charge in [0.15, 0.2) is 15.1 Å². The van der Waals surface area contributed by atoms with E-state index in [0.717, 1.165) is 0 Å². The highest BCUT2D eigenvalue weighted by atomic mass is 35.5. The fourth-order valence-electron chi connectivity index (χ4n) is 1.75. The van der Waals surface area contributed by atoms with Crippen LogP contribution >= 0.6 is 23.2 Å². The third-order valence-corrected chi connectivity index (χ3v) is 5.48. The summed E-state index contributed by atoms with van der Waals surface area (Å²) in [5, 5.41) is -0.977. The fraction of sp³-hybridized carbons (Fsp3) is 0.462. The summed E-state index contributed by atoms with van der Waals surface area (Å²) >= 11 is 11.7. The summed E-state index contributed by atoms with van der Waals surface area (Å²) in [6.07, 6.45) is 0.699. The van der Waals surface area contributed by atoms with Crippen molar-refractivity contribution in [3.63, 3.8) is 0 Å². The highest BCUT2D eigenvalue weighted by Crippen LogP contribution is 2.29. The van der Waals surface area contributed by atoms with Crippen LogP contribution in [0.4, 0.5) is 0 Å². The number of carbonyl (C=O) groups excluding carboxylic acids is 1. The number of carbonyl (C=O) groups is 1. The molecule has 0 heterocycles. The number of rotatable bonds is 6. The zero-order valence-corrected chi connectivity index (χ0v) is 13.6. The number of benzene rings is 1. The number of ether oxygens (including phenoxy) is 1. The molecule has 1 aromatic rings. The summed E-state index contributed by atoms with van der Waals surface area (Å²) in [7, 11) is -3.93. The fourth-order valence-corrected chi connectivity index (χ4v) is 4.23. The summed E-state index contributed by atoms with van der Waals surface area (Å²) in [5.41, 5.74) is 0. The van der Waals surface area contributed by atoms with Crippen molar-refractivity contribution >= 4 is 39.0 Å². The van der Waals surface area contributed by atoms with Crippen molar-refractivity contribution < 1.29 is 17.9 Å². The van der Waals surface area contributed by atoms with Crippen molar-refractivity contribution in [1.82, 2.24) is 0 Å². The first-order valence-electron chi connectivity index (χ1n) is 6.20. The van der Waals surface area contributed by atoms with Crippen molar-refractivity contribution in [2.45, 2.75) is 36.8 Å². The lowest BCUT2D eigenvalue weighted by Gasteiger charge is -2.16. The molecule has 0 amide bonds. The molecule has 0 saturated carbocycles. The minimum absolute atomic E-state index is 0.0415. The molecule has 0 spiro atoms. The normalized spacial score (nSPS) is 13.0. The van der Waals surface area contributed by atoms with Gasteiger partial charge in [0.1, 0.15) is 0 Å². The quantitative estimate of drug-likeness (QED) is 0.744. The Morgan fingerprint density at radius 3 is 2.50 bits per heavy atom. The topological polar surface area (TPSA) is 60.4 Å². The molecule has 0 aliphatic carbocycles. The van der Waals surface area contributed by atoms with E-state index in [4.69, 9.17) is 27.9 Å². The van der Waals surface area contributed by atoms with Gasteiger partial charge in [-0.2, -0.15) is 0 Å². The molecule has 4 nitrogen and oxygen atoms in total. The van der Waals surface area contributed by atoms with Crippen LogP contribution in [0.5, 0.6) is 0 Å². The first kappa shape index (κ1) is 17.3. The summed E-state index contributed by atoms with van der Waals surface area (Å²) in [4.78, 5) is 11.7. The lowest BCUT2D eigenvalue weighted by Crippen LogP contribution is -2.32. The Morgan fingerprint density at radius 1 is 1.30 bits per heavy atom. The monoisotopic (exact) mass is 338 g/mol. The van der Waals surface area contributed by atoms with E-state index in [1.165, 1.54) is 18.2 Å². The molecule has 1 rings (SSSR count). The van der Waals surface area contributed by atoms with Crippen LogP contribution in [-0.4, -0.2) is 26.2 Å². The highest BCUT2D eigenvalue weighted by molar-refractivity contribution is 7.93. The molecule has 0 saturated heterocycles. The van der Waals surface area contributed by atoms with Crippen LogP contribution in [-0.2, 0) is 19.4 Å². The van der Waals surface area contributed by atoms with Gasteiger partial charge in [-0.15, -0.1) is 0 Å². The van der Waals surface area contributed by atoms with Crippen LogP contribution in [0.25, 0.3) is 0 Å². The zero-order chi connectivity index (χ0) is 15.3. The Morgan fingerprint density at radius 2 is 1.95 bits per heavy atom. The molecule has 0 radical (unpaired) electrons. The molecular weight excluding hydrogens is 323 g/mol. The molecule has 0 aliphatic rings. The van der Waals surface area contributed by atoms with Gasteiger partial charge < -0.3 is 4.74 Å². The van der Waals surface area contributed by atoms with E-state index in [-0.39, 0.29) is 28.0 Å². The molecule has 1 atom stereocenters. The molecule has 112 valence electrons. The number of esters is 1. The third-order valence-electron chi connectivity index (χ3n) is 2.67. The van der Waals surface area contributed by atoms with Crippen LogP contribution in [0.15, 0.2) is 23.1 Å². The van der Waals surface area contributed by atoms with Gasteiger partial charge in [-0.05, 0) is 31.5 Å². The predicted octanol–water partition coefficient (Wildman–Crippen LogP) is 3.50. The van der Waals surface area contributed by atoms with Crippen molar-refractivity contribution in [2.24, 2.45) is 0 Å². The molecule has 0 aromatic heterocycles. The number of sulfone groups is 1. The average molecular weight is 339 g/mol. The van der Waals surface area contributed by atoms with Gasteiger partial charge in [0.25, 0.3) is 0 Å². The largest absolute Gasteiger partial charge is 0.465 e. The maximum atomic E-state index is 12.6. The van der Waals surface area contributed by atoms with Gasteiger partial charge in [-0.3, -0.25) is 4.79 Å². The smallest absolute Gasteiger partial charge is 0.324 e. The standard InChI is InChI=1S/C13H16Cl2O4S/c1-3-5-11(13(16)19-4-2)20(17,18)12-8-9(14)6-7-10(12)15/h6-8,11H,3-5H2,1-2H3. The van der Waals surface area contributed by atoms with E-state index in [2.05, 4.69) is 0 Å². The molecule has 1 unspecified atom stereocenters. The van der Waals surface area contributed by atoms with Crippen LogP contribution in [0.2, 0.25) is 10.0 Å². The summed E-state index contributed by atoms with van der Waals surface area (Å²) in [6.45, 7) is 3.54. The Kier molecular flexibility index (Phi) is 6.30. The molecule has 20 heavy (non-hydrogen) atoms. The van der Waals surface area contributed by atoms with E-state index in [1.54, 1.807) is 13.8 Å². The van der Waals surface area contributed by atoms with Gasteiger partial charge in [0, 0.05) is 5.02 Å². The van der Waals surface area contributed by atoms with Crippen molar-refractivity contribution in [3.8, 4) is 0 Å². The van der Waals surface area contributed by atoms with E-state index < -0.39 is 21.1 Å². The Bertz CT molecular complexity index is 584. The predicted molar refractivity (Wildman–Crippen MR) is 79.0 cm³/mol. The van der Waals surface area contributed by atoms with Crippen LogP contribution in [0.3, 0.4) is 0 Å². The summed E-state index contributed by atoms with van der Waals surface area (Å²) < 4.78 is 30.0. The van der Waals surface area contributed by atoms with Gasteiger partial charge >= 0.3 is 5.97 Å². The minimum atomic E-state index is -3.93. The van der Waals surface area contributed by atoms with Crippen LogP contribution in [0, 0.1) is 0 Å². The third kappa shape index (κ3) is 3.87. The lowest BCUT2D eigenvalue weighted by molar-refractivity contribution is -0.142. The molecule has 7 heteroatoms. The molecule has 0 N–H and O–H groups in total. The molecule has 0 aliphatic heterocycles. The van der Waals surface area contributed by atoms with Crippen LogP contribution < -0.4 is 0 Å². The van der Waals surface area contributed by atoms with E-state index in [1.807, 2.05) is 0 Å². The van der Waals surface area contributed by atoms with Crippen molar-refractivity contribution in [1.29, 1.82) is 0 Å². The average Bonchev–Trinajstić information content (AvgIpc) is 2.38. The van der Waals surface area contributed by atoms with E-state index in [9.17, 15) is 13.2 Å². The first-order chi connectivity index (χ1) is 9.34. The minimum Gasteiger partial charge on any atom is -0.465 e. The van der Waals surface area contributed by atoms with Gasteiger partial charge in [0.05, 0.1) is 16.5 Å². The van der Waals surface area contributed by atoms with E-state index >= 15 is 0 Å². The Balaban J connectivity index is 3.29. The van der Waals surface area contributed by atoms with E-state index in [0.29, 0.717) is 6.42 Å². The number of halogens is 2. The molecule has 0 fully saturated rings. The van der Waals surface area contributed by atoms with Gasteiger partial charge in [0.2, 0.25) is 0 Å². The highest BCUT2D eigenvalue weighted by Gasteiger charge is 2.35. The SMILES string of the molecule is CCCC(C(=O)OCC)S(=O)(=O)c1cc(Cl)ccc1Cl. The molecular formula is C13H16Cl2O4S. The number of hydrogen-bond donors (Lipinski definition) is 0. The van der Waals surface area contributed by atoms with Gasteiger partial charge in [-0.1, -0.05) is 36.5 Å². The first-order valence-corrected chi connectivity index (χ1v) is 8.50. The number of hydrogen-bond acceptors (Lipinski definition) is 4. The Hall–Kier alpha value is -0.780. The van der Waals surface area contributed by atoms with Crippen molar-refractivity contribution in [3.05, 3.63) is 28.2 Å². The maximum Gasteiger partial charge on any atom is 0.324 e. The molecule has 0 bridgehead atoms. The molecule has 1 aromatic carbocycles. The summed E-state index contributed by atoms with van der Waals surface area (Å²) in [5.74, 6) is -0.759. The Labute approximate surface area is 128 Å². The van der Waals surface area contributed by atoms with Crippen molar-refractivity contribution in [2.75, 3.05) is 6.61 Å². The van der Waals surface area contributed by atoms with Gasteiger partial charge in [-0.25, -0.2) is 8.42 Å². The second kappa shape index (κ2) is 7.29. The second-order valence-electron chi connectivity index (χ2n) is 4.15. The van der Waals surface area contributed by atoms with Crippen LogP contribution in [0.1, 0.15) is 26.7 Å².